The highest BCUT2D eigenvalue weighted by Gasteiger charge is 2.16. The second kappa shape index (κ2) is 17.2. The summed E-state index contributed by atoms with van der Waals surface area (Å²) in [6.45, 7) is 3.88. The third-order valence-electron chi connectivity index (χ3n) is 3.94. The van der Waals surface area contributed by atoms with Crippen LogP contribution in [0.3, 0.4) is 0 Å². The van der Waals surface area contributed by atoms with Crippen molar-refractivity contribution in [3.8, 4) is 0 Å². The molecular formula is C22H32N2O9. The van der Waals surface area contributed by atoms with Gasteiger partial charge in [-0.25, -0.2) is 9.59 Å². The van der Waals surface area contributed by atoms with E-state index in [9.17, 15) is 19.2 Å². The molecule has 1 aromatic carbocycles. The summed E-state index contributed by atoms with van der Waals surface area (Å²) in [7, 11) is 0. The Morgan fingerprint density at radius 1 is 0.758 bits per heavy atom. The van der Waals surface area contributed by atoms with Crippen LogP contribution in [0.25, 0.3) is 0 Å². The van der Waals surface area contributed by atoms with Gasteiger partial charge in [-0.05, 0) is 19.4 Å². The lowest BCUT2D eigenvalue weighted by Crippen LogP contribution is -2.35. The fraction of sp³-hybridized carbons (Fsp3) is 0.545. The fourth-order valence-electron chi connectivity index (χ4n) is 2.37. The molecule has 11 nitrogen and oxygen atoms in total. The first-order valence-corrected chi connectivity index (χ1v) is 10.7. The van der Waals surface area contributed by atoms with Crippen molar-refractivity contribution in [3.63, 3.8) is 0 Å². The first-order valence-electron chi connectivity index (χ1n) is 10.7. The van der Waals surface area contributed by atoms with Gasteiger partial charge in [0, 0.05) is 13.1 Å². The van der Waals surface area contributed by atoms with Crippen LogP contribution in [0.5, 0.6) is 0 Å². The predicted molar refractivity (Wildman–Crippen MR) is 116 cm³/mol. The van der Waals surface area contributed by atoms with E-state index in [-0.39, 0.29) is 59.0 Å². The van der Waals surface area contributed by atoms with Gasteiger partial charge in [0.2, 0.25) is 0 Å². The van der Waals surface area contributed by atoms with Gasteiger partial charge in [0.25, 0.3) is 0 Å². The molecule has 0 saturated heterocycles. The number of ether oxygens (including phenoxy) is 5. The highest BCUT2D eigenvalue weighted by atomic mass is 16.6. The maximum Gasteiger partial charge on any atom is 0.407 e. The SMILES string of the molecule is CCOC(=O)CCNC(=O)OCC(COC(=O)NCCC(=O)OCC)OCc1ccccc1. The molecule has 0 aliphatic rings. The number of carbonyl (C=O) groups excluding carboxylic acids is 4. The maximum atomic E-state index is 11.9. The van der Waals surface area contributed by atoms with Crippen molar-refractivity contribution in [2.24, 2.45) is 0 Å². The Morgan fingerprint density at radius 3 is 1.70 bits per heavy atom. The van der Waals surface area contributed by atoms with E-state index in [1.54, 1.807) is 13.8 Å². The first kappa shape index (κ1) is 27.7. The van der Waals surface area contributed by atoms with Crippen LogP contribution in [-0.2, 0) is 39.9 Å². The molecule has 184 valence electrons. The standard InChI is InChI=1S/C22H32N2O9/c1-3-29-19(25)10-12-23-21(27)32-15-18(31-14-17-8-6-5-7-9-17)16-33-22(28)24-13-11-20(26)30-4-2/h5-9,18H,3-4,10-16H2,1-2H3,(H,23,27)(H,24,28). The Kier molecular flexibility index (Phi) is 14.5. The van der Waals surface area contributed by atoms with E-state index in [2.05, 4.69) is 10.6 Å². The zero-order valence-electron chi connectivity index (χ0n) is 19.0. The molecule has 0 saturated carbocycles. The summed E-state index contributed by atoms with van der Waals surface area (Å²) in [5, 5.41) is 4.87. The lowest BCUT2D eigenvalue weighted by molar-refractivity contribution is -0.143. The number of alkyl carbamates (subject to hydrolysis) is 2. The van der Waals surface area contributed by atoms with E-state index < -0.39 is 30.2 Å². The average Bonchev–Trinajstić information content (AvgIpc) is 2.79. The van der Waals surface area contributed by atoms with Gasteiger partial charge in [-0.15, -0.1) is 0 Å². The van der Waals surface area contributed by atoms with E-state index in [0.29, 0.717) is 0 Å². The molecule has 33 heavy (non-hydrogen) atoms. The van der Waals surface area contributed by atoms with Crippen LogP contribution < -0.4 is 10.6 Å². The summed E-state index contributed by atoms with van der Waals surface area (Å²) < 4.78 is 25.5. The van der Waals surface area contributed by atoms with Crippen LogP contribution in [0.2, 0.25) is 0 Å². The molecular weight excluding hydrogens is 436 g/mol. The number of esters is 2. The molecule has 1 aromatic rings. The van der Waals surface area contributed by atoms with Gasteiger partial charge < -0.3 is 34.3 Å². The van der Waals surface area contributed by atoms with Gasteiger partial charge in [0.1, 0.15) is 19.3 Å². The van der Waals surface area contributed by atoms with E-state index in [0.717, 1.165) is 5.56 Å². The highest BCUT2D eigenvalue weighted by molar-refractivity contribution is 5.72. The van der Waals surface area contributed by atoms with Crippen molar-refractivity contribution in [1.29, 1.82) is 0 Å². The number of hydrogen-bond donors (Lipinski definition) is 2. The van der Waals surface area contributed by atoms with Crippen LogP contribution in [0.4, 0.5) is 9.59 Å². The number of amides is 2. The summed E-state index contributed by atoms with van der Waals surface area (Å²) >= 11 is 0. The zero-order valence-corrected chi connectivity index (χ0v) is 19.0. The minimum Gasteiger partial charge on any atom is -0.466 e. The van der Waals surface area contributed by atoms with Gasteiger partial charge >= 0.3 is 24.1 Å². The Hall–Kier alpha value is -3.34. The normalized spacial score (nSPS) is 10.3. The van der Waals surface area contributed by atoms with Crippen molar-refractivity contribution in [1.82, 2.24) is 10.6 Å². The fourth-order valence-corrected chi connectivity index (χ4v) is 2.37. The van der Waals surface area contributed by atoms with E-state index >= 15 is 0 Å². The van der Waals surface area contributed by atoms with Crippen LogP contribution in [0.1, 0.15) is 32.3 Å². The highest BCUT2D eigenvalue weighted by Crippen LogP contribution is 2.05. The van der Waals surface area contributed by atoms with E-state index in [4.69, 9.17) is 23.7 Å². The van der Waals surface area contributed by atoms with Crippen LogP contribution in [0.15, 0.2) is 30.3 Å². The first-order chi connectivity index (χ1) is 15.9. The molecule has 0 heterocycles. The van der Waals surface area contributed by atoms with Crippen molar-refractivity contribution in [2.75, 3.05) is 39.5 Å². The molecule has 0 aliphatic heterocycles. The summed E-state index contributed by atoms with van der Waals surface area (Å²) in [6, 6.07) is 9.31. The predicted octanol–water partition coefficient (Wildman–Crippen LogP) is 1.93. The van der Waals surface area contributed by atoms with Crippen molar-refractivity contribution >= 4 is 24.1 Å². The van der Waals surface area contributed by atoms with Crippen molar-refractivity contribution < 1.29 is 42.9 Å². The summed E-state index contributed by atoms with van der Waals surface area (Å²) in [5.41, 5.74) is 0.889. The van der Waals surface area contributed by atoms with Crippen LogP contribution >= 0.6 is 0 Å². The molecule has 0 aliphatic carbocycles. The Balaban J connectivity index is 2.43. The van der Waals surface area contributed by atoms with Gasteiger partial charge in [-0.3, -0.25) is 9.59 Å². The molecule has 1 rings (SSSR count). The lowest BCUT2D eigenvalue weighted by Gasteiger charge is -2.18. The molecule has 2 N–H and O–H groups in total. The van der Waals surface area contributed by atoms with Crippen LogP contribution in [0, 0.1) is 0 Å². The number of nitrogens with one attached hydrogen (secondary N) is 2. The monoisotopic (exact) mass is 468 g/mol. The van der Waals surface area contributed by atoms with Crippen LogP contribution in [-0.4, -0.2) is 69.7 Å². The minimum atomic E-state index is -0.744. The molecule has 0 fully saturated rings. The Labute approximate surface area is 193 Å². The second-order valence-corrected chi connectivity index (χ2v) is 6.58. The lowest BCUT2D eigenvalue weighted by atomic mass is 10.2. The minimum absolute atomic E-state index is 0.0198. The third kappa shape index (κ3) is 14.4. The van der Waals surface area contributed by atoms with Gasteiger partial charge in [0.05, 0.1) is 32.7 Å². The summed E-state index contributed by atoms with van der Waals surface area (Å²) in [6.07, 6.45) is -2.19. The number of benzene rings is 1. The molecule has 0 bridgehead atoms. The maximum absolute atomic E-state index is 11.9. The number of hydrogen-bond acceptors (Lipinski definition) is 9. The second-order valence-electron chi connectivity index (χ2n) is 6.58. The number of carbonyl (C=O) groups is 4. The molecule has 2 amide bonds. The number of rotatable bonds is 15. The van der Waals surface area contributed by atoms with E-state index in [1.807, 2.05) is 30.3 Å². The molecule has 0 aromatic heterocycles. The molecule has 0 radical (unpaired) electrons. The average molecular weight is 469 g/mol. The van der Waals surface area contributed by atoms with Crippen molar-refractivity contribution in [3.05, 3.63) is 35.9 Å². The largest absolute Gasteiger partial charge is 0.466 e. The van der Waals surface area contributed by atoms with Gasteiger partial charge in [-0.1, -0.05) is 30.3 Å². The van der Waals surface area contributed by atoms with Gasteiger partial charge in [0.15, 0.2) is 0 Å². The summed E-state index contributed by atoms with van der Waals surface area (Å²) in [4.78, 5) is 46.3. The van der Waals surface area contributed by atoms with Gasteiger partial charge in [-0.2, -0.15) is 0 Å². The smallest absolute Gasteiger partial charge is 0.407 e. The zero-order chi connectivity index (χ0) is 24.3. The van der Waals surface area contributed by atoms with E-state index in [1.165, 1.54) is 0 Å². The molecule has 11 heteroatoms. The topological polar surface area (TPSA) is 138 Å². The molecule has 0 spiro atoms. The van der Waals surface area contributed by atoms with Crippen molar-refractivity contribution in [2.45, 2.75) is 39.4 Å². The quantitative estimate of drug-likeness (QED) is 0.292. The Bertz CT molecular complexity index is 688. The molecule has 0 unspecified atom stereocenters. The molecule has 0 atom stereocenters. The summed E-state index contributed by atoms with van der Waals surface area (Å²) in [5.74, 6) is -0.853. The Morgan fingerprint density at radius 2 is 1.24 bits per heavy atom. The third-order valence-corrected chi connectivity index (χ3v) is 3.94.